The Labute approximate surface area is 190 Å². The van der Waals surface area contributed by atoms with Crippen molar-refractivity contribution < 1.29 is 9.18 Å². The second-order valence-corrected chi connectivity index (χ2v) is 8.18. The van der Waals surface area contributed by atoms with E-state index in [0.717, 1.165) is 5.56 Å². The van der Waals surface area contributed by atoms with Gasteiger partial charge in [-0.05, 0) is 59.7 Å². The minimum Gasteiger partial charge on any atom is -0.344 e. The van der Waals surface area contributed by atoms with Crippen LogP contribution >= 0.6 is 0 Å². The maximum Gasteiger partial charge on any atom is 0.251 e. The Morgan fingerprint density at radius 2 is 1.91 bits per heavy atom. The highest BCUT2D eigenvalue weighted by Crippen LogP contribution is 2.28. The van der Waals surface area contributed by atoms with Crippen molar-refractivity contribution in [2.24, 2.45) is 0 Å². The van der Waals surface area contributed by atoms with Gasteiger partial charge in [0.05, 0.1) is 23.6 Å². The molecule has 0 aliphatic carbocycles. The highest BCUT2D eigenvalue weighted by molar-refractivity contribution is 5.96. The van der Waals surface area contributed by atoms with E-state index in [1.54, 1.807) is 47.5 Å². The van der Waals surface area contributed by atoms with Gasteiger partial charge in [-0.15, -0.1) is 5.10 Å². The summed E-state index contributed by atoms with van der Waals surface area (Å²) in [5, 5.41) is 14.9. The van der Waals surface area contributed by atoms with E-state index in [2.05, 4.69) is 30.8 Å². The number of carbonyl (C=O) groups is 1. The second kappa shape index (κ2) is 9.23. The van der Waals surface area contributed by atoms with Gasteiger partial charge in [-0.1, -0.05) is 26.0 Å². The van der Waals surface area contributed by atoms with Gasteiger partial charge in [0.1, 0.15) is 5.82 Å². The van der Waals surface area contributed by atoms with Gasteiger partial charge in [-0.2, -0.15) is 4.68 Å². The van der Waals surface area contributed by atoms with E-state index in [4.69, 9.17) is 0 Å². The van der Waals surface area contributed by atoms with Gasteiger partial charge < -0.3 is 5.32 Å². The lowest BCUT2D eigenvalue weighted by Crippen LogP contribution is -2.27. The minimum absolute atomic E-state index is 0.0497. The topological polar surface area (TPSA) is 98.5 Å². The van der Waals surface area contributed by atoms with Crippen LogP contribution in [0.25, 0.3) is 16.8 Å². The number of amides is 1. The molecule has 1 atom stereocenters. The third-order valence-corrected chi connectivity index (χ3v) is 5.24. The van der Waals surface area contributed by atoms with Crippen LogP contribution in [0.2, 0.25) is 0 Å². The van der Waals surface area contributed by atoms with Crippen molar-refractivity contribution >= 4 is 5.91 Å². The number of aryl methyl sites for hydroxylation is 1. The molecular formula is C24H24FN7O. The first-order chi connectivity index (χ1) is 15.8. The van der Waals surface area contributed by atoms with Crippen molar-refractivity contribution in [1.82, 2.24) is 35.5 Å². The number of aromatic nitrogens is 6. The molecular weight excluding hydrogens is 421 g/mol. The lowest BCUT2D eigenvalue weighted by molar-refractivity contribution is 0.0939. The zero-order valence-electron chi connectivity index (χ0n) is 18.8. The van der Waals surface area contributed by atoms with Crippen LogP contribution in [-0.4, -0.2) is 36.1 Å². The molecule has 0 spiro atoms. The summed E-state index contributed by atoms with van der Waals surface area (Å²) in [4.78, 5) is 21.5. The van der Waals surface area contributed by atoms with E-state index in [1.807, 2.05) is 33.8 Å². The second-order valence-electron chi connectivity index (χ2n) is 8.18. The molecule has 1 N–H and O–H groups in total. The van der Waals surface area contributed by atoms with Gasteiger partial charge in [0.15, 0.2) is 5.82 Å². The largest absolute Gasteiger partial charge is 0.344 e. The Bertz CT molecular complexity index is 1290. The lowest BCUT2D eigenvalue weighted by Gasteiger charge is -2.16. The Balaban J connectivity index is 1.79. The van der Waals surface area contributed by atoms with E-state index in [0.29, 0.717) is 33.9 Å². The molecule has 168 valence electrons. The fourth-order valence-corrected chi connectivity index (χ4v) is 3.50. The first-order valence-electron chi connectivity index (χ1n) is 10.6. The summed E-state index contributed by atoms with van der Waals surface area (Å²) in [6, 6.07) is 9.77. The van der Waals surface area contributed by atoms with Crippen LogP contribution in [0.3, 0.4) is 0 Å². The number of nitrogens with zero attached hydrogens (tertiary/aromatic N) is 6. The van der Waals surface area contributed by atoms with Crippen LogP contribution in [0, 0.1) is 12.7 Å². The standard InChI is InChI=1S/C24H24FN7O/c1-14(2)23-29-30-31-32(23)19-11-17(20-6-5-15(3)9-21(20)25)10-18(12-19)24(33)28-16(4)22-13-26-7-8-27-22/h5-14,16H,1-4H3,(H,28,33). The van der Waals surface area contributed by atoms with Gasteiger partial charge in [0, 0.05) is 29.4 Å². The van der Waals surface area contributed by atoms with Crippen molar-refractivity contribution in [2.75, 3.05) is 0 Å². The number of hydrogen-bond donors (Lipinski definition) is 1. The molecule has 33 heavy (non-hydrogen) atoms. The predicted molar refractivity (Wildman–Crippen MR) is 121 cm³/mol. The van der Waals surface area contributed by atoms with Crippen LogP contribution < -0.4 is 5.32 Å². The zero-order valence-corrected chi connectivity index (χ0v) is 18.8. The summed E-state index contributed by atoms with van der Waals surface area (Å²) in [5.74, 6) is -0.0142. The average molecular weight is 446 g/mol. The van der Waals surface area contributed by atoms with E-state index < -0.39 is 0 Å². The van der Waals surface area contributed by atoms with E-state index in [9.17, 15) is 9.18 Å². The highest BCUT2D eigenvalue weighted by atomic mass is 19.1. The van der Waals surface area contributed by atoms with Crippen LogP contribution in [-0.2, 0) is 0 Å². The molecule has 0 fully saturated rings. The van der Waals surface area contributed by atoms with Crippen molar-refractivity contribution in [1.29, 1.82) is 0 Å². The number of halogens is 1. The summed E-state index contributed by atoms with van der Waals surface area (Å²) < 4.78 is 16.4. The Morgan fingerprint density at radius 3 is 2.61 bits per heavy atom. The molecule has 0 saturated heterocycles. The van der Waals surface area contributed by atoms with Gasteiger partial charge in [0.25, 0.3) is 5.91 Å². The molecule has 0 radical (unpaired) electrons. The molecule has 2 heterocycles. The van der Waals surface area contributed by atoms with E-state index in [1.165, 1.54) is 6.07 Å². The lowest BCUT2D eigenvalue weighted by atomic mass is 9.99. The molecule has 4 rings (SSSR count). The molecule has 0 aliphatic heterocycles. The molecule has 0 bridgehead atoms. The summed E-state index contributed by atoms with van der Waals surface area (Å²) in [6.07, 6.45) is 4.74. The normalized spacial score (nSPS) is 12.1. The van der Waals surface area contributed by atoms with Gasteiger partial charge >= 0.3 is 0 Å². The van der Waals surface area contributed by atoms with Gasteiger partial charge in [-0.3, -0.25) is 14.8 Å². The van der Waals surface area contributed by atoms with E-state index in [-0.39, 0.29) is 23.7 Å². The number of benzene rings is 2. The monoisotopic (exact) mass is 445 g/mol. The first kappa shape index (κ1) is 22.2. The van der Waals surface area contributed by atoms with Crippen LogP contribution in [0.1, 0.15) is 60.2 Å². The maximum absolute atomic E-state index is 14.8. The molecule has 0 saturated carbocycles. The molecule has 1 unspecified atom stereocenters. The Hall–Kier alpha value is -4.01. The number of tetrazole rings is 1. The number of hydrogen-bond acceptors (Lipinski definition) is 6. The average Bonchev–Trinajstić information content (AvgIpc) is 3.30. The van der Waals surface area contributed by atoms with Crippen LogP contribution in [0.4, 0.5) is 4.39 Å². The van der Waals surface area contributed by atoms with Gasteiger partial charge in [0.2, 0.25) is 0 Å². The fourth-order valence-electron chi connectivity index (χ4n) is 3.50. The quantitative estimate of drug-likeness (QED) is 0.478. The summed E-state index contributed by atoms with van der Waals surface area (Å²) >= 11 is 0. The third kappa shape index (κ3) is 4.77. The summed E-state index contributed by atoms with van der Waals surface area (Å²) in [6.45, 7) is 7.60. The van der Waals surface area contributed by atoms with Crippen molar-refractivity contribution in [3.05, 3.63) is 83.5 Å². The van der Waals surface area contributed by atoms with Crippen LogP contribution in [0.5, 0.6) is 0 Å². The maximum atomic E-state index is 14.8. The number of rotatable bonds is 6. The highest BCUT2D eigenvalue weighted by Gasteiger charge is 2.19. The fraction of sp³-hybridized carbons (Fsp3) is 0.250. The molecule has 8 nitrogen and oxygen atoms in total. The van der Waals surface area contributed by atoms with Crippen molar-refractivity contribution in [2.45, 2.75) is 39.7 Å². The third-order valence-electron chi connectivity index (χ3n) is 5.24. The predicted octanol–water partition coefficient (Wildman–Crippen LogP) is 4.18. The van der Waals surface area contributed by atoms with Crippen LogP contribution in [0.15, 0.2) is 55.0 Å². The molecule has 0 aliphatic rings. The summed E-state index contributed by atoms with van der Waals surface area (Å²) in [5.41, 5.74) is 3.30. The van der Waals surface area contributed by atoms with E-state index >= 15 is 0 Å². The molecule has 4 aromatic rings. The number of nitrogens with one attached hydrogen (secondary N) is 1. The molecule has 2 aromatic heterocycles. The Morgan fingerprint density at radius 1 is 1.09 bits per heavy atom. The van der Waals surface area contributed by atoms with Crippen molar-refractivity contribution in [3.8, 4) is 16.8 Å². The first-order valence-corrected chi connectivity index (χ1v) is 10.6. The molecule has 9 heteroatoms. The minimum atomic E-state index is -0.368. The number of carbonyl (C=O) groups excluding carboxylic acids is 1. The molecule has 2 aromatic carbocycles. The Kier molecular flexibility index (Phi) is 6.21. The summed E-state index contributed by atoms with van der Waals surface area (Å²) in [7, 11) is 0. The smallest absolute Gasteiger partial charge is 0.251 e. The van der Waals surface area contributed by atoms with Crippen molar-refractivity contribution in [3.63, 3.8) is 0 Å². The van der Waals surface area contributed by atoms with Gasteiger partial charge in [-0.25, -0.2) is 4.39 Å². The zero-order chi connectivity index (χ0) is 23.5. The molecule has 1 amide bonds. The SMILES string of the molecule is Cc1ccc(-c2cc(C(=O)NC(C)c3cnccn3)cc(-n3nnnc3C(C)C)c2)c(F)c1.